The number of rotatable bonds is 2. The second kappa shape index (κ2) is 6.07. The molecule has 0 aliphatic carbocycles. The number of ether oxygens (including phenoxy) is 1. The summed E-state index contributed by atoms with van der Waals surface area (Å²) >= 11 is 0. The van der Waals surface area contributed by atoms with E-state index < -0.39 is 0 Å². The van der Waals surface area contributed by atoms with Gasteiger partial charge in [-0.2, -0.15) is 12.1 Å². The maximum atomic E-state index is 5.10. The zero-order valence-electron chi connectivity index (χ0n) is 9.27. The SMILES string of the molecule is COc1cncc(-c2c[c-]c(C)cn2)c1.[Y]. The summed E-state index contributed by atoms with van der Waals surface area (Å²) in [5.74, 6) is 0.731. The zero-order valence-corrected chi connectivity index (χ0v) is 12.1. The second-order valence-electron chi connectivity index (χ2n) is 3.23. The Hall–Kier alpha value is -0.796. The molecule has 0 aromatic carbocycles. The molecule has 0 spiro atoms. The van der Waals surface area contributed by atoms with Crippen molar-refractivity contribution in [1.29, 1.82) is 0 Å². The summed E-state index contributed by atoms with van der Waals surface area (Å²) in [6, 6.07) is 6.86. The molecule has 2 aromatic rings. The Bertz CT molecular complexity index is 457. The van der Waals surface area contributed by atoms with Crippen LogP contribution in [0.1, 0.15) is 5.56 Å². The number of aryl methyl sites for hydroxylation is 1. The average molecular weight is 288 g/mol. The molecule has 0 aliphatic rings. The predicted molar refractivity (Wildman–Crippen MR) is 57.6 cm³/mol. The summed E-state index contributed by atoms with van der Waals surface area (Å²) in [5, 5.41) is 0. The van der Waals surface area contributed by atoms with E-state index >= 15 is 0 Å². The van der Waals surface area contributed by atoms with Crippen LogP contribution in [-0.2, 0) is 32.7 Å². The normalized spacial score (nSPS) is 9.38. The van der Waals surface area contributed by atoms with E-state index in [1.165, 1.54) is 0 Å². The Morgan fingerprint density at radius 2 is 2.06 bits per heavy atom. The Morgan fingerprint density at radius 1 is 1.25 bits per heavy atom. The largest absolute Gasteiger partial charge is 0.495 e. The first-order chi connectivity index (χ1) is 7.29. The monoisotopic (exact) mass is 288 g/mol. The van der Waals surface area contributed by atoms with Crippen molar-refractivity contribution < 1.29 is 37.4 Å². The van der Waals surface area contributed by atoms with Gasteiger partial charge in [0, 0.05) is 38.9 Å². The molecule has 0 N–H and O–H groups in total. The third kappa shape index (κ3) is 3.10. The van der Waals surface area contributed by atoms with Crippen molar-refractivity contribution in [2.45, 2.75) is 6.92 Å². The van der Waals surface area contributed by atoms with Crippen LogP contribution in [0.25, 0.3) is 11.3 Å². The molecule has 0 atom stereocenters. The van der Waals surface area contributed by atoms with Crippen molar-refractivity contribution >= 4 is 0 Å². The van der Waals surface area contributed by atoms with E-state index in [1.807, 2.05) is 19.1 Å². The average Bonchev–Trinajstić information content (AvgIpc) is 2.30. The minimum Gasteiger partial charge on any atom is -0.495 e. The molecule has 4 heteroatoms. The summed E-state index contributed by atoms with van der Waals surface area (Å²) in [6.45, 7) is 1.96. The molecule has 79 valence electrons. The van der Waals surface area contributed by atoms with Gasteiger partial charge in [-0.15, -0.1) is 5.56 Å². The summed E-state index contributed by atoms with van der Waals surface area (Å²) in [7, 11) is 1.62. The maximum absolute atomic E-state index is 5.10. The van der Waals surface area contributed by atoms with E-state index in [-0.39, 0.29) is 32.7 Å². The Labute approximate surface area is 120 Å². The first-order valence-electron chi connectivity index (χ1n) is 4.63. The summed E-state index contributed by atoms with van der Waals surface area (Å²) in [4.78, 5) is 8.37. The molecule has 1 radical (unpaired) electrons. The van der Waals surface area contributed by atoms with Crippen LogP contribution in [-0.4, -0.2) is 17.1 Å². The Kier molecular flexibility index (Phi) is 5.03. The molecule has 0 saturated carbocycles. The molecular weight excluding hydrogens is 277 g/mol. The molecule has 3 nitrogen and oxygen atoms in total. The van der Waals surface area contributed by atoms with Crippen LogP contribution in [0.4, 0.5) is 0 Å². The van der Waals surface area contributed by atoms with Gasteiger partial charge in [0.1, 0.15) is 5.75 Å². The fourth-order valence-electron chi connectivity index (χ4n) is 1.25. The predicted octanol–water partition coefficient (Wildman–Crippen LogP) is 2.26. The minimum atomic E-state index is 0. The third-order valence-electron chi connectivity index (χ3n) is 2.08. The van der Waals surface area contributed by atoms with Crippen LogP contribution in [0.3, 0.4) is 0 Å². The van der Waals surface area contributed by atoms with Crippen LogP contribution in [0.2, 0.25) is 0 Å². The van der Waals surface area contributed by atoms with Gasteiger partial charge in [0.05, 0.1) is 13.3 Å². The van der Waals surface area contributed by atoms with E-state index in [2.05, 4.69) is 16.0 Å². The molecule has 0 bridgehead atoms. The summed E-state index contributed by atoms with van der Waals surface area (Å²) < 4.78 is 5.10. The molecule has 16 heavy (non-hydrogen) atoms. The van der Waals surface area contributed by atoms with Crippen LogP contribution < -0.4 is 4.74 Å². The Balaban J connectivity index is 0.00000128. The van der Waals surface area contributed by atoms with Crippen molar-refractivity contribution in [2.24, 2.45) is 0 Å². The standard InChI is InChI=1S/C12H11N2O.Y/c1-9-3-4-12(14-6-9)10-5-11(15-2)8-13-7-10;/h4-8H,1-2H3;/q-1;. The van der Waals surface area contributed by atoms with Gasteiger partial charge in [0.25, 0.3) is 0 Å². The van der Waals surface area contributed by atoms with E-state index in [0.29, 0.717) is 0 Å². The molecule has 0 fully saturated rings. The van der Waals surface area contributed by atoms with E-state index in [9.17, 15) is 0 Å². The number of pyridine rings is 2. The maximum Gasteiger partial charge on any atom is 0.136 e. The van der Waals surface area contributed by atoms with E-state index in [0.717, 1.165) is 22.6 Å². The van der Waals surface area contributed by atoms with Gasteiger partial charge in [0.15, 0.2) is 0 Å². The molecule has 2 aromatic heterocycles. The van der Waals surface area contributed by atoms with Crippen molar-refractivity contribution in [3.8, 4) is 17.0 Å². The number of aromatic nitrogens is 2. The zero-order chi connectivity index (χ0) is 10.7. The van der Waals surface area contributed by atoms with Crippen molar-refractivity contribution in [3.63, 3.8) is 0 Å². The van der Waals surface area contributed by atoms with Crippen molar-refractivity contribution in [1.82, 2.24) is 9.97 Å². The van der Waals surface area contributed by atoms with Gasteiger partial charge in [0.2, 0.25) is 0 Å². The first-order valence-corrected chi connectivity index (χ1v) is 4.63. The molecule has 2 heterocycles. The number of nitrogens with zero attached hydrogens (tertiary/aromatic N) is 2. The third-order valence-corrected chi connectivity index (χ3v) is 2.08. The van der Waals surface area contributed by atoms with Crippen molar-refractivity contribution in [3.05, 3.63) is 42.4 Å². The summed E-state index contributed by atoms with van der Waals surface area (Å²) in [6.07, 6.45) is 5.21. The molecule has 0 unspecified atom stereocenters. The summed E-state index contributed by atoms with van der Waals surface area (Å²) in [5.41, 5.74) is 2.81. The van der Waals surface area contributed by atoms with Gasteiger partial charge in [-0.25, -0.2) is 0 Å². The number of hydrogen-bond donors (Lipinski definition) is 0. The first kappa shape index (κ1) is 13.3. The van der Waals surface area contributed by atoms with E-state index in [4.69, 9.17) is 4.74 Å². The molecular formula is C12H11N2OY-. The van der Waals surface area contributed by atoms with E-state index in [1.54, 1.807) is 25.7 Å². The molecule has 0 aliphatic heterocycles. The van der Waals surface area contributed by atoms with Crippen LogP contribution in [0.15, 0.2) is 30.7 Å². The quantitative estimate of drug-likeness (QED) is 0.795. The fourth-order valence-corrected chi connectivity index (χ4v) is 1.25. The smallest absolute Gasteiger partial charge is 0.136 e. The van der Waals surface area contributed by atoms with Gasteiger partial charge < -0.3 is 9.72 Å². The number of hydrogen-bond acceptors (Lipinski definition) is 3. The van der Waals surface area contributed by atoms with Crippen LogP contribution >= 0.6 is 0 Å². The second-order valence-corrected chi connectivity index (χ2v) is 3.23. The van der Waals surface area contributed by atoms with Gasteiger partial charge in [-0.05, 0) is 17.3 Å². The van der Waals surface area contributed by atoms with Gasteiger partial charge in [-0.3, -0.25) is 4.98 Å². The Morgan fingerprint density at radius 3 is 2.69 bits per heavy atom. The minimum absolute atomic E-state index is 0. The van der Waals surface area contributed by atoms with Crippen LogP contribution in [0, 0.1) is 13.0 Å². The van der Waals surface area contributed by atoms with Gasteiger partial charge in [-0.1, -0.05) is 13.1 Å². The topological polar surface area (TPSA) is 35.0 Å². The molecule has 2 rings (SSSR count). The molecule has 0 amide bonds. The number of methoxy groups -OCH3 is 1. The molecule has 0 saturated heterocycles. The fraction of sp³-hybridized carbons (Fsp3) is 0.167. The van der Waals surface area contributed by atoms with Crippen LogP contribution in [0.5, 0.6) is 5.75 Å². The van der Waals surface area contributed by atoms with Gasteiger partial charge >= 0.3 is 0 Å². The van der Waals surface area contributed by atoms with Crippen molar-refractivity contribution in [2.75, 3.05) is 7.11 Å².